The lowest BCUT2D eigenvalue weighted by atomic mass is 9.98. The first-order valence-corrected chi connectivity index (χ1v) is 12.0. The summed E-state index contributed by atoms with van der Waals surface area (Å²) >= 11 is 0. The molecule has 0 aliphatic carbocycles. The molecule has 5 aromatic rings. The molecule has 0 atom stereocenters. The third-order valence-electron chi connectivity index (χ3n) is 6.57. The monoisotopic (exact) mass is 459 g/mol. The first kappa shape index (κ1) is 22.6. The van der Waals surface area contributed by atoms with Gasteiger partial charge in [0, 0.05) is 19.3 Å². The maximum Gasteiger partial charge on any atom is 0.262 e. The predicted molar refractivity (Wildman–Crippen MR) is 144 cm³/mol. The minimum Gasteiger partial charge on any atom is -0.374 e. The summed E-state index contributed by atoms with van der Waals surface area (Å²) in [5.74, 6) is 0.699. The molecule has 0 spiro atoms. The molecule has 174 valence electrons. The first-order chi connectivity index (χ1) is 17.1. The van der Waals surface area contributed by atoms with Crippen LogP contribution in [0.1, 0.15) is 28.6 Å². The van der Waals surface area contributed by atoms with Gasteiger partial charge in [0.2, 0.25) is 0 Å². The van der Waals surface area contributed by atoms with Gasteiger partial charge >= 0.3 is 0 Å². The van der Waals surface area contributed by atoms with Gasteiger partial charge in [-0.25, -0.2) is 4.98 Å². The van der Waals surface area contributed by atoms with E-state index in [9.17, 15) is 4.79 Å². The fraction of sp³-hybridized carbons (Fsp3) is 0.161. The molecule has 5 rings (SSSR count). The Kier molecular flexibility index (Phi) is 6.44. The van der Waals surface area contributed by atoms with Crippen LogP contribution in [0.15, 0.2) is 114 Å². The molecule has 1 heterocycles. The second kappa shape index (κ2) is 9.98. The molecular formula is C31H29N3O. The van der Waals surface area contributed by atoms with Gasteiger partial charge in [-0.15, -0.1) is 0 Å². The van der Waals surface area contributed by atoms with Gasteiger partial charge in [-0.2, -0.15) is 0 Å². The second-order valence-electron chi connectivity index (χ2n) is 8.92. The smallest absolute Gasteiger partial charge is 0.262 e. The standard InChI is InChI=1S/C31H29N3O/c1-23-32-29-19-18-27(33(2)21-20-24-12-6-3-7-13-24)22-28(29)31(35)34(23)30(25-14-8-4-9-15-25)26-16-10-5-11-17-26/h3-19,22,30H,20-21H2,1-2H3. The molecule has 0 saturated carbocycles. The van der Waals surface area contributed by atoms with Crippen LogP contribution in [-0.4, -0.2) is 23.1 Å². The minimum atomic E-state index is -0.249. The zero-order valence-corrected chi connectivity index (χ0v) is 20.1. The number of aromatic nitrogens is 2. The summed E-state index contributed by atoms with van der Waals surface area (Å²) in [6, 6.07) is 36.5. The van der Waals surface area contributed by atoms with Crippen LogP contribution in [0.2, 0.25) is 0 Å². The van der Waals surface area contributed by atoms with Crippen LogP contribution in [-0.2, 0) is 6.42 Å². The van der Waals surface area contributed by atoms with E-state index < -0.39 is 0 Å². The van der Waals surface area contributed by atoms with Crippen LogP contribution in [0, 0.1) is 6.92 Å². The van der Waals surface area contributed by atoms with Crippen LogP contribution in [0.5, 0.6) is 0 Å². The van der Waals surface area contributed by atoms with Crippen molar-refractivity contribution in [1.82, 2.24) is 9.55 Å². The van der Waals surface area contributed by atoms with Crippen molar-refractivity contribution in [1.29, 1.82) is 0 Å². The fourth-order valence-corrected chi connectivity index (χ4v) is 4.67. The zero-order chi connectivity index (χ0) is 24.2. The van der Waals surface area contributed by atoms with Crippen molar-refractivity contribution in [3.63, 3.8) is 0 Å². The number of benzene rings is 4. The van der Waals surface area contributed by atoms with Crippen molar-refractivity contribution in [3.05, 3.63) is 142 Å². The summed E-state index contributed by atoms with van der Waals surface area (Å²) in [6.07, 6.45) is 0.940. The van der Waals surface area contributed by atoms with Crippen molar-refractivity contribution in [2.75, 3.05) is 18.5 Å². The number of aryl methyl sites for hydroxylation is 1. The topological polar surface area (TPSA) is 38.1 Å². The van der Waals surface area contributed by atoms with Crippen LogP contribution >= 0.6 is 0 Å². The Labute approximate surface area is 206 Å². The van der Waals surface area contributed by atoms with Gasteiger partial charge in [0.25, 0.3) is 5.56 Å². The second-order valence-corrected chi connectivity index (χ2v) is 8.92. The van der Waals surface area contributed by atoms with Gasteiger partial charge in [0.05, 0.1) is 16.9 Å². The molecule has 0 amide bonds. The molecule has 35 heavy (non-hydrogen) atoms. The Bertz CT molecular complexity index is 1440. The summed E-state index contributed by atoms with van der Waals surface area (Å²) in [4.78, 5) is 21.0. The molecule has 0 aliphatic heterocycles. The van der Waals surface area contributed by atoms with E-state index in [1.807, 2.05) is 66.1 Å². The highest BCUT2D eigenvalue weighted by Gasteiger charge is 2.21. The molecule has 0 N–H and O–H groups in total. The summed E-state index contributed by atoms with van der Waals surface area (Å²) in [5, 5.41) is 0.636. The van der Waals surface area contributed by atoms with E-state index in [0.29, 0.717) is 11.2 Å². The fourth-order valence-electron chi connectivity index (χ4n) is 4.67. The summed E-state index contributed by atoms with van der Waals surface area (Å²) in [5.41, 5.74) is 5.13. The Morgan fingerprint density at radius 2 is 1.37 bits per heavy atom. The Morgan fingerprint density at radius 3 is 1.97 bits per heavy atom. The molecule has 0 unspecified atom stereocenters. The van der Waals surface area contributed by atoms with Gasteiger partial charge in [-0.3, -0.25) is 9.36 Å². The lowest BCUT2D eigenvalue weighted by Gasteiger charge is -2.24. The van der Waals surface area contributed by atoms with Gasteiger partial charge < -0.3 is 4.90 Å². The molecule has 0 bridgehead atoms. The summed E-state index contributed by atoms with van der Waals surface area (Å²) in [6.45, 7) is 2.78. The maximum absolute atomic E-state index is 14.0. The molecule has 0 fully saturated rings. The van der Waals surface area contributed by atoms with Crippen molar-refractivity contribution >= 4 is 16.6 Å². The highest BCUT2D eigenvalue weighted by atomic mass is 16.1. The van der Waals surface area contributed by atoms with Crippen LogP contribution in [0.3, 0.4) is 0 Å². The number of rotatable bonds is 7. The third-order valence-corrected chi connectivity index (χ3v) is 6.57. The number of fused-ring (bicyclic) bond motifs is 1. The van der Waals surface area contributed by atoms with E-state index in [4.69, 9.17) is 4.98 Å². The van der Waals surface area contributed by atoms with E-state index in [1.165, 1.54) is 5.56 Å². The average Bonchev–Trinajstić information content (AvgIpc) is 2.91. The highest BCUT2D eigenvalue weighted by molar-refractivity contribution is 5.82. The van der Waals surface area contributed by atoms with Crippen LogP contribution in [0.4, 0.5) is 5.69 Å². The van der Waals surface area contributed by atoms with E-state index in [1.54, 1.807) is 0 Å². The van der Waals surface area contributed by atoms with E-state index in [0.717, 1.165) is 35.3 Å². The predicted octanol–water partition coefficient (Wildman–Crippen LogP) is 6.02. The summed E-state index contributed by atoms with van der Waals surface area (Å²) in [7, 11) is 2.07. The third kappa shape index (κ3) is 4.73. The highest BCUT2D eigenvalue weighted by Crippen LogP contribution is 2.27. The Morgan fingerprint density at radius 1 is 0.800 bits per heavy atom. The molecule has 4 nitrogen and oxygen atoms in total. The number of nitrogens with zero attached hydrogens (tertiary/aromatic N) is 3. The molecule has 0 saturated heterocycles. The minimum absolute atomic E-state index is 0.0245. The zero-order valence-electron chi connectivity index (χ0n) is 20.1. The molecule has 4 heteroatoms. The molecule has 0 radical (unpaired) electrons. The lowest BCUT2D eigenvalue weighted by Crippen LogP contribution is -2.30. The molecule has 4 aromatic carbocycles. The Balaban J connectivity index is 1.57. The van der Waals surface area contributed by atoms with Crippen LogP contribution in [0.25, 0.3) is 10.9 Å². The number of hydrogen-bond donors (Lipinski definition) is 0. The van der Waals surface area contributed by atoms with Gasteiger partial charge in [-0.1, -0.05) is 91.0 Å². The number of likely N-dealkylation sites (N-methyl/N-ethyl adjacent to an activating group) is 1. The Hall–Kier alpha value is -4.18. The first-order valence-electron chi connectivity index (χ1n) is 12.0. The van der Waals surface area contributed by atoms with E-state index >= 15 is 0 Å². The SMILES string of the molecule is Cc1nc2ccc(N(C)CCc3ccccc3)cc2c(=O)n1C(c1ccccc1)c1ccccc1. The van der Waals surface area contributed by atoms with Crippen molar-refractivity contribution in [2.24, 2.45) is 0 Å². The van der Waals surface area contributed by atoms with Crippen molar-refractivity contribution in [3.8, 4) is 0 Å². The van der Waals surface area contributed by atoms with Gasteiger partial charge in [0.15, 0.2) is 0 Å². The van der Waals surface area contributed by atoms with E-state index in [-0.39, 0.29) is 11.6 Å². The largest absolute Gasteiger partial charge is 0.374 e. The maximum atomic E-state index is 14.0. The van der Waals surface area contributed by atoms with Crippen molar-refractivity contribution < 1.29 is 0 Å². The van der Waals surface area contributed by atoms with Crippen LogP contribution < -0.4 is 10.5 Å². The van der Waals surface area contributed by atoms with Gasteiger partial charge in [0.1, 0.15) is 5.82 Å². The average molecular weight is 460 g/mol. The molecule has 0 aliphatic rings. The molecule has 1 aromatic heterocycles. The number of anilines is 1. The normalized spacial score (nSPS) is 11.2. The summed E-state index contributed by atoms with van der Waals surface area (Å²) < 4.78 is 1.83. The molecular weight excluding hydrogens is 430 g/mol. The van der Waals surface area contributed by atoms with Gasteiger partial charge in [-0.05, 0) is 48.2 Å². The quantitative estimate of drug-likeness (QED) is 0.299. The number of hydrogen-bond acceptors (Lipinski definition) is 3. The lowest BCUT2D eigenvalue weighted by molar-refractivity contribution is 0.620. The van der Waals surface area contributed by atoms with E-state index in [2.05, 4.69) is 66.5 Å². The van der Waals surface area contributed by atoms with Crippen molar-refractivity contribution in [2.45, 2.75) is 19.4 Å².